The maximum atomic E-state index is 13.7. The van der Waals surface area contributed by atoms with E-state index in [2.05, 4.69) is 27.4 Å². The molecule has 0 saturated carbocycles. The van der Waals surface area contributed by atoms with E-state index >= 15 is 0 Å². The van der Waals surface area contributed by atoms with E-state index in [1.807, 2.05) is 0 Å². The summed E-state index contributed by atoms with van der Waals surface area (Å²) in [5.74, 6) is 4.83. The van der Waals surface area contributed by atoms with Crippen LogP contribution in [-0.4, -0.2) is 22.6 Å². The molecule has 2 rings (SSSR count). The molecule has 1 aromatic carbocycles. The fraction of sp³-hybridized carbons (Fsp3) is 0.200. The van der Waals surface area contributed by atoms with Crippen molar-refractivity contribution in [1.82, 2.24) is 15.5 Å². The first-order valence-corrected chi connectivity index (χ1v) is 6.37. The standard InChI is InChI=1S/C15H15FN4O/c1-10-13(9-19-20-10)15(21)18-8-12-7-11(3-2-6-17)4-5-14(12)16/h4-5,7,9H,6,8,17H2,1H3,(H,18,21)(H,19,20). The molecule has 21 heavy (non-hydrogen) atoms. The number of aromatic nitrogens is 2. The number of H-pyrrole nitrogens is 1. The number of amides is 1. The Hall–Kier alpha value is -2.65. The molecule has 0 saturated heterocycles. The highest BCUT2D eigenvalue weighted by molar-refractivity contribution is 5.94. The number of nitrogens with zero attached hydrogens (tertiary/aromatic N) is 1. The van der Waals surface area contributed by atoms with E-state index in [1.54, 1.807) is 19.1 Å². The van der Waals surface area contributed by atoms with Gasteiger partial charge >= 0.3 is 0 Å². The van der Waals surface area contributed by atoms with Gasteiger partial charge < -0.3 is 11.1 Å². The SMILES string of the molecule is Cc1[nH]ncc1C(=O)NCc1cc(C#CCN)ccc1F. The summed E-state index contributed by atoms with van der Waals surface area (Å²) in [7, 11) is 0. The molecule has 0 aliphatic carbocycles. The predicted octanol–water partition coefficient (Wildman–Crippen LogP) is 1.10. The lowest BCUT2D eigenvalue weighted by atomic mass is 10.1. The van der Waals surface area contributed by atoms with E-state index in [4.69, 9.17) is 5.73 Å². The Morgan fingerprint density at radius 1 is 1.52 bits per heavy atom. The van der Waals surface area contributed by atoms with Crippen LogP contribution < -0.4 is 11.1 Å². The van der Waals surface area contributed by atoms with Crippen molar-refractivity contribution in [1.29, 1.82) is 0 Å². The largest absolute Gasteiger partial charge is 0.348 e. The summed E-state index contributed by atoms with van der Waals surface area (Å²) in [4.78, 5) is 11.9. The van der Waals surface area contributed by atoms with Crippen LogP contribution in [-0.2, 0) is 6.54 Å². The predicted molar refractivity (Wildman–Crippen MR) is 76.8 cm³/mol. The van der Waals surface area contributed by atoms with Crippen molar-refractivity contribution in [3.8, 4) is 11.8 Å². The number of halogens is 1. The zero-order valence-corrected chi connectivity index (χ0v) is 11.5. The van der Waals surface area contributed by atoms with Crippen LogP contribution in [0.15, 0.2) is 24.4 Å². The summed E-state index contributed by atoms with van der Waals surface area (Å²) in [6.45, 7) is 2.06. The molecule has 5 nitrogen and oxygen atoms in total. The number of aryl methyl sites for hydroxylation is 1. The number of carbonyl (C=O) groups excluding carboxylic acids is 1. The lowest BCUT2D eigenvalue weighted by Gasteiger charge is -2.06. The highest BCUT2D eigenvalue weighted by Crippen LogP contribution is 2.10. The summed E-state index contributed by atoms with van der Waals surface area (Å²) >= 11 is 0. The van der Waals surface area contributed by atoms with Crippen LogP contribution in [0.3, 0.4) is 0 Å². The van der Waals surface area contributed by atoms with Gasteiger partial charge in [0.1, 0.15) is 5.82 Å². The Balaban J connectivity index is 2.09. The molecule has 0 radical (unpaired) electrons. The topological polar surface area (TPSA) is 83.8 Å². The molecule has 1 amide bonds. The molecule has 0 spiro atoms. The first kappa shape index (κ1) is 14.8. The van der Waals surface area contributed by atoms with Gasteiger partial charge in [0.05, 0.1) is 18.3 Å². The molecule has 6 heteroatoms. The van der Waals surface area contributed by atoms with Gasteiger partial charge in [-0.05, 0) is 25.1 Å². The monoisotopic (exact) mass is 286 g/mol. The maximum absolute atomic E-state index is 13.7. The molecule has 108 valence electrons. The van der Waals surface area contributed by atoms with Crippen molar-refractivity contribution in [2.45, 2.75) is 13.5 Å². The third kappa shape index (κ3) is 3.68. The average Bonchev–Trinajstić information content (AvgIpc) is 2.91. The van der Waals surface area contributed by atoms with Crippen molar-refractivity contribution in [2.75, 3.05) is 6.54 Å². The molecule has 4 N–H and O–H groups in total. The normalized spacial score (nSPS) is 9.86. The van der Waals surface area contributed by atoms with Gasteiger partial charge in [0.15, 0.2) is 0 Å². The molecule has 0 bridgehead atoms. The van der Waals surface area contributed by atoms with Crippen molar-refractivity contribution >= 4 is 5.91 Å². The lowest BCUT2D eigenvalue weighted by molar-refractivity contribution is 0.0950. The highest BCUT2D eigenvalue weighted by atomic mass is 19.1. The second-order valence-electron chi connectivity index (χ2n) is 4.40. The molecule has 0 unspecified atom stereocenters. The zero-order chi connectivity index (χ0) is 15.2. The van der Waals surface area contributed by atoms with Crippen LogP contribution in [0.25, 0.3) is 0 Å². The molecule has 2 aromatic rings. The summed E-state index contributed by atoms with van der Waals surface area (Å²) in [6, 6.07) is 4.50. The van der Waals surface area contributed by atoms with Gasteiger partial charge in [-0.25, -0.2) is 4.39 Å². The third-order valence-corrected chi connectivity index (χ3v) is 2.89. The summed E-state index contributed by atoms with van der Waals surface area (Å²) in [5.41, 5.74) is 7.43. The molecule has 0 fully saturated rings. The fourth-order valence-corrected chi connectivity index (χ4v) is 1.79. The number of benzene rings is 1. The zero-order valence-electron chi connectivity index (χ0n) is 11.5. The Morgan fingerprint density at radius 3 is 3.00 bits per heavy atom. The van der Waals surface area contributed by atoms with Crippen molar-refractivity contribution in [2.24, 2.45) is 5.73 Å². The minimum absolute atomic E-state index is 0.0768. The molecule has 0 aliphatic heterocycles. The van der Waals surface area contributed by atoms with E-state index in [9.17, 15) is 9.18 Å². The van der Waals surface area contributed by atoms with Gasteiger partial charge in [-0.1, -0.05) is 11.8 Å². The van der Waals surface area contributed by atoms with Crippen LogP contribution in [0.1, 0.15) is 27.2 Å². The second kappa shape index (κ2) is 6.68. The molecule has 1 heterocycles. The summed E-state index contributed by atoms with van der Waals surface area (Å²) in [6.07, 6.45) is 1.43. The lowest BCUT2D eigenvalue weighted by Crippen LogP contribution is -2.23. The van der Waals surface area contributed by atoms with Crippen LogP contribution in [0.5, 0.6) is 0 Å². The number of nitrogens with two attached hydrogens (primary N) is 1. The van der Waals surface area contributed by atoms with Gasteiger partial charge in [-0.3, -0.25) is 9.89 Å². The number of hydrogen-bond acceptors (Lipinski definition) is 3. The Kier molecular flexibility index (Phi) is 4.69. The van der Waals surface area contributed by atoms with Crippen LogP contribution >= 0.6 is 0 Å². The van der Waals surface area contributed by atoms with Gasteiger partial charge in [-0.15, -0.1) is 0 Å². The number of aromatic amines is 1. The van der Waals surface area contributed by atoms with Crippen LogP contribution in [0.4, 0.5) is 4.39 Å². The molecular formula is C15H15FN4O. The van der Waals surface area contributed by atoms with Crippen molar-refractivity contribution in [3.05, 3.63) is 52.6 Å². The number of hydrogen-bond donors (Lipinski definition) is 3. The Labute approximate surface area is 121 Å². The van der Waals surface area contributed by atoms with Gasteiger partial charge in [0.2, 0.25) is 0 Å². The first-order valence-electron chi connectivity index (χ1n) is 6.37. The summed E-state index contributed by atoms with van der Waals surface area (Å²) < 4.78 is 13.7. The number of nitrogens with one attached hydrogen (secondary N) is 2. The van der Waals surface area contributed by atoms with E-state index < -0.39 is 5.82 Å². The van der Waals surface area contributed by atoms with Crippen molar-refractivity contribution < 1.29 is 9.18 Å². The van der Waals surface area contributed by atoms with E-state index in [0.717, 1.165) is 0 Å². The minimum Gasteiger partial charge on any atom is -0.348 e. The van der Waals surface area contributed by atoms with Gasteiger partial charge in [0.25, 0.3) is 5.91 Å². The second-order valence-corrected chi connectivity index (χ2v) is 4.40. The maximum Gasteiger partial charge on any atom is 0.255 e. The third-order valence-electron chi connectivity index (χ3n) is 2.89. The van der Waals surface area contributed by atoms with Crippen LogP contribution in [0, 0.1) is 24.6 Å². The number of rotatable bonds is 3. The minimum atomic E-state index is -0.391. The highest BCUT2D eigenvalue weighted by Gasteiger charge is 2.11. The van der Waals surface area contributed by atoms with E-state index in [-0.39, 0.29) is 19.0 Å². The smallest absolute Gasteiger partial charge is 0.255 e. The first-order chi connectivity index (χ1) is 10.1. The quantitative estimate of drug-likeness (QED) is 0.739. The molecule has 0 atom stereocenters. The summed E-state index contributed by atoms with van der Waals surface area (Å²) in [5, 5.41) is 9.10. The Bertz CT molecular complexity index is 712. The fourth-order valence-electron chi connectivity index (χ4n) is 1.79. The average molecular weight is 286 g/mol. The van der Waals surface area contributed by atoms with Crippen molar-refractivity contribution in [3.63, 3.8) is 0 Å². The van der Waals surface area contributed by atoms with E-state index in [1.165, 1.54) is 12.3 Å². The van der Waals surface area contributed by atoms with Crippen LogP contribution in [0.2, 0.25) is 0 Å². The van der Waals surface area contributed by atoms with E-state index in [0.29, 0.717) is 22.4 Å². The number of carbonyl (C=O) groups is 1. The molecule has 1 aromatic heterocycles. The Morgan fingerprint density at radius 2 is 2.33 bits per heavy atom. The molecular weight excluding hydrogens is 271 g/mol. The van der Waals surface area contributed by atoms with Gasteiger partial charge in [-0.2, -0.15) is 5.10 Å². The molecule has 0 aliphatic rings. The van der Waals surface area contributed by atoms with Gasteiger partial charge in [0, 0.05) is 23.4 Å².